The van der Waals surface area contributed by atoms with Crippen molar-refractivity contribution in [2.45, 2.75) is 24.8 Å². The maximum Gasteiger partial charge on any atom is 0.0545 e. The van der Waals surface area contributed by atoms with E-state index in [0.717, 1.165) is 16.5 Å². The van der Waals surface area contributed by atoms with Crippen molar-refractivity contribution >= 4 is 23.4 Å². The van der Waals surface area contributed by atoms with Crippen LogP contribution in [0.15, 0.2) is 23.1 Å². The third-order valence-corrected chi connectivity index (χ3v) is 3.79. The van der Waals surface area contributed by atoms with E-state index < -0.39 is 0 Å². The molecule has 4 heteroatoms. The van der Waals surface area contributed by atoms with Gasteiger partial charge in [0.25, 0.3) is 0 Å². The molecule has 90 valence electrons. The molecule has 0 bridgehead atoms. The van der Waals surface area contributed by atoms with E-state index in [4.69, 9.17) is 16.7 Å². The number of rotatable bonds is 6. The van der Waals surface area contributed by atoms with Gasteiger partial charge in [0.2, 0.25) is 0 Å². The molecule has 2 nitrogen and oxygen atoms in total. The molecule has 1 atom stereocenters. The lowest BCUT2D eigenvalue weighted by molar-refractivity contribution is 0.322. The van der Waals surface area contributed by atoms with Crippen LogP contribution in [0.1, 0.15) is 25.5 Å². The van der Waals surface area contributed by atoms with E-state index in [1.165, 1.54) is 5.56 Å². The normalized spacial score (nSPS) is 12.8. The standard InChI is InChI=1S/C12H18ClNOS/c1-3-14-9(2)10-4-5-12(11(13)8-10)16-7-6-15/h4-5,8-9,14-15H,3,6-7H2,1-2H3. The van der Waals surface area contributed by atoms with Crippen LogP contribution in [-0.4, -0.2) is 24.0 Å². The highest BCUT2D eigenvalue weighted by Gasteiger charge is 2.07. The summed E-state index contributed by atoms with van der Waals surface area (Å²) < 4.78 is 0. The summed E-state index contributed by atoms with van der Waals surface area (Å²) in [5, 5.41) is 12.9. The highest BCUT2D eigenvalue weighted by atomic mass is 35.5. The highest BCUT2D eigenvalue weighted by Crippen LogP contribution is 2.29. The van der Waals surface area contributed by atoms with Crippen LogP contribution < -0.4 is 5.32 Å². The van der Waals surface area contributed by atoms with Crippen LogP contribution in [0.2, 0.25) is 5.02 Å². The van der Waals surface area contributed by atoms with Crippen molar-refractivity contribution in [2.75, 3.05) is 18.9 Å². The number of hydrogen-bond acceptors (Lipinski definition) is 3. The van der Waals surface area contributed by atoms with E-state index in [0.29, 0.717) is 11.8 Å². The maximum absolute atomic E-state index is 8.76. The Kier molecular flexibility index (Phi) is 6.21. The van der Waals surface area contributed by atoms with Gasteiger partial charge in [0, 0.05) is 16.7 Å². The Bertz CT molecular complexity index is 333. The van der Waals surface area contributed by atoms with E-state index >= 15 is 0 Å². The molecule has 0 saturated carbocycles. The van der Waals surface area contributed by atoms with Crippen molar-refractivity contribution in [1.29, 1.82) is 0 Å². The molecule has 1 aromatic rings. The molecular weight excluding hydrogens is 242 g/mol. The number of aliphatic hydroxyl groups excluding tert-OH is 1. The van der Waals surface area contributed by atoms with Gasteiger partial charge in [-0.1, -0.05) is 24.6 Å². The third kappa shape index (κ3) is 3.98. The minimum Gasteiger partial charge on any atom is -0.396 e. The van der Waals surface area contributed by atoms with Gasteiger partial charge in [-0.05, 0) is 31.2 Å². The summed E-state index contributed by atoms with van der Waals surface area (Å²) in [4.78, 5) is 1.03. The first-order chi connectivity index (χ1) is 7.69. The maximum atomic E-state index is 8.76. The number of hydrogen-bond donors (Lipinski definition) is 2. The van der Waals surface area contributed by atoms with Crippen LogP contribution in [0, 0.1) is 0 Å². The van der Waals surface area contributed by atoms with Crippen LogP contribution >= 0.6 is 23.4 Å². The molecule has 0 aliphatic rings. The molecule has 0 aliphatic heterocycles. The van der Waals surface area contributed by atoms with E-state index in [9.17, 15) is 0 Å². The van der Waals surface area contributed by atoms with Crippen LogP contribution in [0.4, 0.5) is 0 Å². The summed E-state index contributed by atoms with van der Waals surface area (Å²) in [6.07, 6.45) is 0. The van der Waals surface area contributed by atoms with E-state index in [1.54, 1.807) is 11.8 Å². The Morgan fingerprint density at radius 3 is 2.81 bits per heavy atom. The Balaban J connectivity index is 2.73. The average Bonchev–Trinajstić information content (AvgIpc) is 2.27. The molecule has 1 aromatic carbocycles. The lowest BCUT2D eigenvalue weighted by Gasteiger charge is -2.14. The fourth-order valence-corrected chi connectivity index (χ4v) is 2.51. The van der Waals surface area contributed by atoms with Gasteiger partial charge in [-0.2, -0.15) is 0 Å². The monoisotopic (exact) mass is 259 g/mol. The summed E-state index contributed by atoms with van der Waals surface area (Å²) >= 11 is 7.76. The van der Waals surface area contributed by atoms with Gasteiger partial charge in [0.15, 0.2) is 0 Å². The van der Waals surface area contributed by atoms with Crippen LogP contribution in [0.3, 0.4) is 0 Å². The Morgan fingerprint density at radius 1 is 1.50 bits per heavy atom. The van der Waals surface area contributed by atoms with Crippen LogP contribution in [0.25, 0.3) is 0 Å². The summed E-state index contributed by atoms with van der Waals surface area (Å²) in [5.74, 6) is 0.682. The van der Waals surface area contributed by atoms with Gasteiger partial charge in [-0.25, -0.2) is 0 Å². The van der Waals surface area contributed by atoms with E-state index in [2.05, 4.69) is 25.2 Å². The zero-order valence-electron chi connectivity index (χ0n) is 9.66. The number of halogens is 1. The number of aliphatic hydroxyl groups is 1. The lowest BCUT2D eigenvalue weighted by atomic mass is 10.1. The number of benzene rings is 1. The first kappa shape index (κ1) is 13.8. The lowest BCUT2D eigenvalue weighted by Crippen LogP contribution is -2.17. The highest BCUT2D eigenvalue weighted by molar-refractivity contribution is 7.99. The molecule has 0 spiro atoms. The van der Waals surface area contributed by atoms with E-state index in [1.807, 2.05) is 12.1 Å². The first-order valence-electron chi connectivity index (χ1n) is 5.45. The summed E-state index contributed by atoms with van der Waals surface area (Å²) in [6, 6.07) is 6.42. The molecule has 0 heterocycles. The van der Waals surface area contributed by atoms with Gasteiger partial charge in [0.1, 0.15) is 0 Å². The summed E-state index contributed by atoms with van der Waals surface area (Å²) in [7, 11) is 0. The molecule has 1 unspecified atom stereocenters. The van der Waals surface area contributed by atoms with Gasteiger partial charge in [-0.15, -0.1) is 11.8 Å². The fraction of sp³-hybridized carbons (Fsp3) is 0.500. The van der Waals surface area contributed by atoms with Gasteiger partial charge in [0.05, 0.1) is 11.6 Å². The molecule has 0 saturated heterocycles. The van der Waals surface area contributed by atoms with Crippen molar-refractivity contribution in [3.05, 3.63) is 28.8 Å². The van der Waals surface area contributed by atoms with Crippen molar-refractivity contribution in [3.63, 3.8) is 0 Å². The first-order valence-corrected chi connectivity index (χ1v) is 6.81. The van der Waals surface area contributed by atoms with Gasteiger partial charge < -0.3 is 10.4 Å². The van der Waals surface area contributed by atoms with Crippen molar-refractivity contribution in [3.8, 4) is 0 Å². The van der Waals surface area contributed by atoms with Crippen LogP contribution in [-0.2, 0) is 0 Å². The molecular formula is C12H18ClNOS. The van der Waals surface area contributed by atoms with Crippen LogP contribution in [0.5, 0.6) is 0 Å². The van der Waals surface area contributed by atoms with Gasteiger partial charge >= 0.3 is 0 Å². The van der Waals surface area contributed by atoms with Crippen molar-refractivity contribution < 1.29 is 5.11 Å². The summed E-state index contributed by atoms with van der Waals surface area (Å²) in [5.41, 5.74) is 1.19. The quantitative estimate of drug-likeness (QED) is 0.770. The van der Waals surface area contributed by atoms with Crippen molar-refractivity contribution in [1.82, 2.24) is 5.32 Å². The number of nitrogens with one attached hydrogen (secondary N) is 1. The molecule has 16 heavy (non-hydrogen) atoms. The topological polar surface area (TPSA) is 32.3 Å². The Labute approximate surface area is 106 Å². The zero-order chi connectivity index (χ0) is 12.0. The second-order valence-corrected chi connectivity index (χ2v) is 5.09. The third-order valence-electron chi connectivity index (χ3n) is 2.32. The van der Waals surface area contributed by atoms with Gasteiger partial charge in [-0.3, -0.25) is 0 Å². The minimum atomic E-state index is 0.177. The second kappa shape index (κ2) is 7.17. The average molecular weight is 260 g/mol. The molecule has 0 aromatic heterocycles. The largest absolute Gasteiger partial charge is 0.396 e. The second-order valence-electron chi connectivity index (χ2n) is 3.54. The molecule has 2 N–H and O–H groups in total. The zero-order valence-corrected chi connectivity index (χ0v) is 11.2. The molecule has 1 rings (SSSR count). The SMILES string of the molecule is CCNC(C)c1ccc(SCCO)c(Cl)c1. The predicted molar refractivity (Wildman–Crippen MR) is 71.4 cm³/mol. The van der Waals surface area contributed by atoms with Crippen molar-refractivity contribution in [2.24, 2.45) is 0 Å². The molecule has 0 radical (unpaired) electrons. The molecule has 0 aliphatic carbocycles. The minimum absolute atomic E-state index is 0.177. The van der Waals surface area contributed by atoms with E-state index in [-0.39, 0.29) is 6.61 Å². The number of thioether (sulfide) groups is 1. The molecule has 0 amide bonds. The summed E-state index contributed by atoms with van der Waals surface area (Å²) in [6.45, 7) is 5.33. The smallest absolute Gasteiger partial charge is 0.0545 e. The fourth-order valence-electron chi connectivity index (χ4n) is 1.48. The predicted octanol–water partition coefficient (Wildman–Crippen LogP) is 3.09. The Hall–Kier alpha value is -0.220. The Morgan fingerprint density at radius 2 is 2.25 bits per heavy atom. The molecule has 0 fully saturated rings.